The van der Waals surface area contributed by atoms with Crippen molar-refractivity contribution in [3.63, 3.8) is 0 Å². The van der Waals surface area contributed by atoms with E-state index in [1.54, 1.807) is 0 Å². The van der Waals surface area contributed by atoms with Crippen molar-refractivity contribution in [2.24, 2.45) is 0 Å². The van der Waals surface area contributed by atoms with Crippen molar-refractivity contribution in [3.05, 3.63) is 0 Å². The second-order valence-corrected chi connectivity index (χ2v) is 7.95. The predicted molar refractivity (Wildman–Crippen MR) is 129 cm³/mol. The SMILES string of the molecule is O.O.O=C(O)CN(CCN(CC(=O)O)CC(=O)O)CC(=O)O.O=C([O-])CN(CCN(CC(=O)[O-])CC(=O)O)CC(=O)O.[Na+].[Na+]. The van der Waals surface area contributed by atoms with E-state index in [0.29, 0.717) is 0 Å². The molecule has 0 unspecified atom stereocenters. The van der Waals surface area contributed by atoms with Gasteiger partial charge in [-0.3, -0.25) is 48.4 Å². The van der Waals surface area contributed by atoms with E-state index in [-0.39, 0.29) is 96.2 Å². The van der Waals surface area contributed by atoms with Gasteiger partial charge in [0, 0.05) is 39.3 Å². The summed E-state index contributed by atoms with van der Waals surface area (Å²) in [5.41, 5.74) is 0. The Hall–Kier alpha value is -2.48. The van der Waals surface area contributed by atoms with Crippen molar-refractivity contribution in [2.75, 3.05) is 78.5 Å². The van der Waals surface area contributed by atoms with Gasteiger partial charge in [-0.15, -0.1) is 0 Å². The molecule has 22 nitrogen and oxygen atoms in total. The Morgan fingerprint density at radius 1 is 0.364 bits per heavy atom. The summed E-state index contributed by atoms with van der Waals surface area (Å²) in [6.07, 6.45) is 0. The van der Waals surface area contributed by atoms with Gasteiger partial charge in [0.15, 0.2) is 0 Å². The van der Waals surface area contributed by atoms with Crippen LogP contribution >= 0.6 is 0 Å². The molecule has 0 bridgehead atoms. The van der Waals surface area contributed by atoms with E-state index in [0.717, 1.165) is 19.6 Å². The summed E-state index contributed by atoms with van der Waals surface area (Å²) < 4.78 is 0. The number of rotatable bonds is 22. The van der Waals surface area contributed by atoms with Crippen molar-refractivity contribution in [2.45, 2.75) is 0 Å². The van der Waals surface area contributed by atoms with Crippen molar-refractivity contribution in [1.82, 2.24) is 19.6 Å². The number of aliphatic carboxylic acids is 8. The zero-order valence-corrected chi connectivity index (χ0v) is 28.0. The monoisotopic (exact) mass is 664 g/mol. The van der Waals surface area contributed by atoms with Gasteiger partial charge in [-0.2, -0.15) is 0 Å². The second kappa shape index (κ2) is 30.5. The third kappa shape index (κ3) is 37.5. The van der Waals surface area contributed by atoms with E-state index < -0.39 is 100 Å². The molecule has 0 aromatic heterocycles. The molecule has 10 N–H and O–H groups in total. The number of hydrogen-bond donors (Lipinski definition) is 6. The quantitative estimate of drug-likeness (QED) is 0.0585. The number of carboxylic acids is 8. The summed E-state index contributed by atoms with van der Waals surface area (Å²) in [5.74, 6) is -10.4. The van der Waals surface area contributed by atoms with E-state index in [4.69, 9.17) is 30.6 Å². The van der Waals surface area contributed by atoms with Crippen LogP contribution in [-0.4, -0.2) is 187 Å². The molecule has 0 saturated heterocycles. The van der Waals surface area contributed by atoms with Crippen molar-refractivity contribution >= 4 is 47.8 Å². The molecule has 0 aromatic rings. The Bertz CT molecular complexity index is 717. The van der Waals surface area contributed by atoms with Crippen LogP contribution in [0.25, 0.3) is 0 Å². The Kier molecular flexibility index (Phi) is 37.5. The molecule has 0 aliphatic rings. The maximum atomic E-state index is 10.6. The molecule has 0 atom stereocenters. The van der Waals surface area contributed by atoms with Gasteiger partial charge in [0.2, 0.25) is 0 Å². The maximum Gasteiger partial charge on any atom is 1.00 e. The fraction of sp³-hybridized carbons (Fsp3) is 0.600. The molecule has 0 aromatic carbocycles. The summed E-state index contributed by atoms with van der Waals surface area (Å²) in [7, 11) is 0. The standard InChI is InChI=1S/2C10H16N2O8.2Na.2H2O/c2*13-7(14)3-11(4-8(15)16)1-2-12(5-9(17)18)6-10(19)20;;;;/h2*1-6H2,(H,13,14)(H,15,16)(H,17,18)(H,19,20);;;2*1H2/q;;2*+1;;/p-2. The first-order valence-electron chi connectivity index (χ1n) is 11.0. The predicted octanol–water partition coefficient (Wildman–Crippen LogP) is -14.5. The van der Waals surface area contributed by atoms with Crippen LogP contribution in [0.15, 0.2) is 0 Å². The Morgan fingerprint density at radius 2 is 0.500 bits per heavy atom. The van der Waals surface area contributed by atoms with Crippen molar-refractivity contribution in [1.29, 1.82) is 0 Å². The molecule has 0 radical (unpaired) electrons. The van der Waals surface area contributed by atoms with Crippen molar-refractivity contribution in [3.8, 4) is 0 Å². The summed E-state index contributed by atoms with van der Waals surface area (Å²) in [6.45, 7) is -5.00. The van der Waals surface area contributed by atoms with Crippen LogP contribution in [0, 0.1) is 0 Å². The number of nitrogens with zero attached hydrogens (tertiary/aromatic N) is 4. The van der Waals surface area contributed by atoms with E-state index in [1.165, 1.54) is 0 Å². The Labute approximate surface area is 293 Å². The van der Waals surface area contributed by atoms with Gasteiger partial charge in [0.25, 0.3) is 0 Å². The molecular weight excluding hydrogens is 630 g/mol. The molecule has 0 aliphatic heterocycles. The van der Waals surface area contributed by atoms with E-state index in [9.17, 15) is 48.6 Å². The average Bonchev–Trinajstić information content (AvgIpc) is 2.72. The number of carbonyl (C=O) groups is 8. The van der Waals surface area contributed by atoms with E-state index >= 15 is 0 Å². The fourth-order valence-electron chi connectivity index (χ4n) is 2.93. The molecule has 0 saturated carbocycles. The summed E-state index contributed by atoms with van der Waals surface area (Å²) >= 11 is 0. The number of carboxylic acid groups (broad SMARTS) is 8. The molecule has 0 heterocycles. The van der Waals surface area contributed by atoms with E-state index in [1.807, 2.05) is 0 Å². The minimum atomic E-state index is -1.49. The molecule has 0 aliphatic carbocycles. The first kappa shape index (κ1) is 54.0. The Balaban J connectivity index is -0.000000150. The minimum Gasteiger partial charge on any atom is -0.549 e. The van der Waals surface area contributed by atoms with Gasteiger partial charge in [0.1, 0.15) is 0 Å². The smallest absolute Gasteiger partial charge is 0.549 e. The molecule has 0 rings (SSSR count). The number of hydrogen-bond acceptors (Lipinski definition) is 14. The van der Waals surface area contributed by atoms with Crippen molar-refractivity contribution < 1.29 is 149 Å². The molecule has 0 spiro atoms. The molecule has 0 amide bonds. The maximum absolute atomic E-state index is 10.6. The molecular formula is C20H34N4Na2O18. The Morgan fingerprint density at radius 3 is 0.614 bits per heavy atom. The van der Waals surface area contributed by atoms with E-state index in [2.05, 4.69) is 0 Å². The zero-order chi connectivity index (χ0) is 31.4. The largest absolute Gasteiger partial charge is 1.00 e. The zero-order valence-electron chi connectivity index (χ0n) is 24.0. The first-order valence-corrected chi connectivity index (χ1v) is 11.0. The van der Waals surface area contributed by atoms with Crippen LogP contribution in [0.4, 0.5) is 0 Å². The molecule has 44 heavy (non-hydrogen) atoms. The van der Waals surface area contributed by atoms with Gasteiger partial charge < -0.3 is 61.4 Å². The van der Waals surface area contributed by atoms with Crippen LogP contribution in [0.5, 0.6) is 0 Å². The van der Waals surface area contributed by atoms with Gasteiger partial charge in [-0.25, -0.2) is 0 Å². The normalized spacial score (nSPS) is 9.73. The van der Waals surface area contributed by atoms with Crippen LogP contribution in [0.1, 0.15) is 0 Å². The van der Waals surface area contributed by atoms with Crippen LogP contribution in [0.3, 0.4) is 0 Å². The van der Waals surface area contributed by atoms with Crippen LogP contribution < -0.4 is 69.3 Å². The molecule has 24 heteroatoms. The summed E-state index contributed by atoms with van der Waals surface area (Å²) in [5, 5.41) is 72.5. The fourth-order valence-corrected chi connectivity index (χ4v) is 2.93. The minimum absolute atomic E-state index is 0. The average molecular weight is 664 g/mol. The number of carbonyl (C=O) groups excluding carboxylic acids is 2. The summed E-state index contributed by atoms with van der Waals surface area (Å²) in [4.78, 5) is 88.3. The van der Waals surface area contributed by atoms with Crippen LogP contribution in [0.2, 0.25) is 0 Å². The third-order valence-electron chi connectivity index (χ3n) is 4.32. The van der Waals surface area contributed by atoms with Crippen LogP contribution in [-0.2, 0) is 38.4 Å². The van der Waals surface area contributed by atoms with Gasteiger partial charge in [0.05, 0.1) is 51.2 Å². The van der Waals surface area contributed by atoms with Gasteiger partial charge in [-0.1, -0.05) is 0 Å². The second-order valence-electron chi connectivity index (χ2n) is 7.95. The topological polar surface area (TPSA) is 380 Å². The third-order valence-corrected chi connectivity index (χ3v) is 4.32. The molecule has 0 fully saturated rings. The molecule has 244 valence electrons. The first-order chi connectivity index (χ1) is 18.4. The summed E-state index contributed by atoms with van der Waals surface area (Å²) in [6, 6.07) is 0. The van der Waals surface area contributed by atoms with Gasteiger partial charge >= 0.3 is 94.9 Å². The van der Waals surface area contributed by atoms with Gasteiger partial charge in [-0.05, 0) is 0 Å².